The van der Waals surface area contributed by atoms with E-state index in [1.807, 2.05) is 0 Å². The van der Waals surface area contributed by atoms with Gasteiger partial charge in [0.2, 0.25) is 0 Å². The van der Waals surface area contributed by atoms with Gasteiger partial charge in [-0.3, -0.25) is 0 Å². The van der Waals surface area contributed by atoms with Gasteiger partial charge in [-0.25, -0.2) is 0 Å². The fourth-order valence-corrected chi connectivity index (χ4v) is 8.61. The van der Waals surface area contributed by atoms with Crippen LogP contribution in [0.3, 0.4) is 0 Å². The van der Waals surface area contributed by atoms with E-state index in [0.29, 0.717) is 0 Å². The van der Waals surface area contributed by atoms with Gasteiger partial charge in [0.25, 0.3) is 0 Å². The summed E-state index contributed by atoms with van der Waals surface area (Å²) in [7, 11) is -2.95. The van der Waals surface area contributed by atoms with Crippen molar-refractivity contribution in [2.45, 2.75) is 169 Å². The highest BCUT2D eigenvalue weighted by atomic mass is 28.3. The Bertz CT molecular complexity index is 866. The molecule has 50 heavy (non-hydrogen) atoms. The van der Waals surface area contributed by atoms with E-state index in [0.717, 1.165) is 0 Å². The molecule has 0 radical (unpaired) electrons. The van der Waals surface area contributed by atoms with E-state index >= 15 is 0 Å². The Labute approximate surface area is 275 Å². The van der Waals surface area contributed by atoms with Crippen LogP contribution < -0.4 is 5.40 Å². The summed E-state index contributed by atoms with van der Waals surface area (Å²) in [6.07, 6.45) is -27.4. The molecule has 0 aliphatic rings. The smallest absolute Gasteiger partial charge is 0.351 e. The van der Waals surface area contributed by atoms with Crippen molar-refractivity contribution in [3.63, 3.8) is 0 Å². The van der Waals surface area contributed by atoms with E-state index in [2.05, 4.69) is 0 Å². The summed E-state index contributed by atoms with van der Waals surface area (Å²) in [5.41, 5.74) is 0. The molecule has 0 amide bonds. The van der Waals surface area contributed by atoms with Gasteiger partial charge in [0.15, 0.2) is 0 Å². The first kappa shape index (κ1) is 48.7. The second kappa shape index (κ2) is 17.7. The van der Waals surface area contributed by atoms with Crippen LogP contribution in [0.5, 0.6) is 0 Å². The van der Waals surface area contributed by atoms with E-state index in [9.17, 15) is 92.2 Å². The van der Waals surface area contributed by atoms with Crippen molar-refractivity contribution in [1.82, 2.24) is 0 Å². The summed E-state index contributed by atoms with van der Waals surface area (Å²) < 4.78 is 269. The van der Waals surface area contributed by atoms with Crippen LogP contribution in [0.25, 0.3) is 0 Å². The standard InChI is InChI=1S/C27H38F21NSi/c28-19(29,22(34,35)25(40,41)42)13-7-1-4-10-16-50(49,17-11-5-2-8-14-20(30,31)23(36,37)26(43,44)45)18-12-6-3-9-15-21(32,33)24(38,39)27(46,47)48/h1-18,49H2. The predicted molar refractivity (Wildman–Crippen MR) is 141 cm³/mol. The fourth-order valence-electron chi connectivity index (χ4n) is 5.00. The Morgan fingerprint density at radius 1 is 0.280 bits per heavy atom. The number of alkyl halides is 21. The van der Waals surface area contributed by atoms with Crippen LogP contribution in [-0.4, -0.2) is 62.3 Å². The summed E-state index contributed by atoms with van der Waals surface area (Å²) in [6.45, 7) is 0. The number of unbranched alkanes of at least 4 members (excludes halogenated alkanes) is 9. The maximum absolute atomic E-state index is 13.5. The van der Waals surface area contributed by atoms with Gasteiger partial charge in [0.1, 0.15) is 8.24 Å². The Kier molecular flexibility index (Phi) is 17.2. The van der Waals surface area contributed by atoms with Crippen molar-refractivity contribution in [1.29, 1.82) is 0 Å². The second-order valence-corrected chi connectivity index (χ2v) is 16.7. The van der Waals surface area contributed by atoms with Gasteiger partial charge in [-0.2, -0.15) is 92.2 Å². The molecule has 0 saturated carbocycles. The molecule has 0 aromatic carbocycles. The van der Waals surface area contributed by atoms with Crippen molar-refractivity contribution >= 4 is 8.24 Å². The first-order valence-electron chi connectivity index (χ1n) is 15.4. The topological polar surface area (TPSA) is 26.0 Å². The molecule has 0 fully saturated rings. The Hall–Kier alpha value is -1.29. The third-order valence-electron chi connectivity index (χ3n) is 8.19. The van der Waals surface area contributed by atoms with Crippen molar-refractivity contribution < 1.29 is 92.2 Å². The van der Waals surface area contributed by atoms with E-state index in [1.54, 1.807) is 0 Å². The van der Waals surface area contributed by atoms with Gasteiger partial charge >= 0.3 is 54.1 Å². The Balaban J connectivity index is 5.11. The molecule has 0 aliphatic heterocycles. The molecule has 2 N–H and O–H groups in total. The van der Waals surface area contributed by atoms with Crippen molar-refractivity contribution in [3.05, 3.63) is 0 Å². The lowest BCUT2D eigenvalue weighted by molar-refractivity contribution is -0.356. The quantitative estimate of drug-likeness (QED) is 0.0587. The van der Waals surface area contributed by atoms with Crippen LogP contribution in [0.1, 0.15) is 96.3 Å². The zero-order valence-electron chi connectivity index (χ0n) is 26.2. The Morgan fingerprint density at radius 3 is 0.640 bits per heavy atom. The highest BCUT2D eigenvalue weighted by molar-refractivity contribution is 6.76. The number of nitrogens with two attached hydrogens (primary N) is 1. The molecule has 302 valence electrons. The predicted octanol–water partition coefficient (Wildman–Crippen LogP) is 13.2. The lowest BCUT2D eigenvalue weighted by Crippen LogP contribution is -2.51. The zero-order valence-corrected chi connectivity index (χ0v) is 27.2. The van der Waals surface area contributed by atoms with E-state index in [1.165, 1.54) is 0 Å². The molecule has 0 aromatic heterocycles. The van der Waals surface area contributed by atoms with Gasteiger partial charge in [0.05, 0.1) is 0 Å². The average Bonchev–Trinajstić information content (AvgIpc) is 2.92. The van der Waals surface area contributed by atoms with Gasteiger partial charge in [-0.05, 0) is 37.4 Å². The van der Waals surface area contributed by atoms with Crippen LogP contribution in [-0.2, 0) is 0 Å². The van der Waals surface area contributed by atoms with Gasteiger partial charge < -0.3 is 5.40 Å². The minimum Gasteiger partial charge on any atom is -0.351 e. The van der Waals surface area contributed by atoms with Crippen LogP contribution in [0.15, 0.2) is 0 Å². The zero-order chi connectivity index (χ0) is 39.7. The molecular formula is C27H38F21NSi. The van der Waals surface area contributed by atoms with E-state index in [-0.39, 0.29) is 75.9 Å². The summed E-state index contributed by atoms with van der Waals surface area (Å²) in [6, 6.07) is 0.440. The lowest BCUT2D eigenvalue weighted by atomic mass is 10.0. The van der Waals surface area contributed by atoms with E-state index in [4.69, 9.17) is 5.40 Å². The molecule has 23 heteroatoms. The minimum atomic E-state index is -6.49. The fraction of sp³-hybridized carbons (Fsp3) is 1.00. The molecule has 0 aliphatic carbocycles. The minimum absolute atomic E-state index is 0.0185. The maximum Gasteiger partial charge on any atom is 0.459 e. The van der Waals surface area contributed by atoms with Crippen molar-refractivity contribution in [2.24, 2.45) is 5.40 Å². The number of halogens is 21. The third kappa shape index (κ3) is 13.3. The maximum atomic E-state index is 13.5. The summed E-state index contributed by atoms with van der Waals surface area (Å²) >= 11 is 0. The molecule has 0 atom stereocenters. The van der Waals surface area contributed by atoms with Crippen LogP contribution in [0, 0.1) is 0 Å². The molecule has 0 spiro atoms. The van der Waals surface area contributed by atoms with Crippen LogP contribution in [0.2, 0.25) is 18.1 Å². The van der Waals surface area contributed by atoms with Gasteiger partial charge in [0, 0.05) is 19.3 Å². The number of hydrogen-bond acceptors (Lipinski definition) is 1. The van der Waals surface area contributed by atoms with Crippen LogP contribution in [0.4, 0.5) is 92.2 Å². The van der Waals surface area contributed by atoms with Gasteiger partial charge in [-0.15, -0.1) is 0 Å². The molecular weight excluding hydrogens is 765 g/mol. The lowest BCUT2D eigenvalue weighted by Gasteiger charge is -2.29. The Morgan fingerprint density at radius 2 is 0.460 bits per heavy atom. The van der Waals surface area contributed by atoms with Gasteiger partial charge in [-0.1, -0.05) is 57.8 Å². The first-order valence-corrected chi connectivity index (χ1v) is 18.1. The largest absolute Gasteiger partial charge is 0.459 e. The molecule has 0 heterocycles. The first-order chi connectivity index (χ1) is 22.1. The van der Waals surface area contributed by atoms with Crippen LogP contribution >= 0.6 is 0 Å². The van der Waals surface area contributed by atoms with Crippen molar-refractivity contribution in [3.8, 4) is 0 Å². The average molecular weight is 804 g/mol. The molecule has 1 nitrogen and oxygen atoms in total. The summed E-state index contributed by atoms with van der Waals surface area (Å²) in [5.74, 6) is -35.0. The molecule has 0 saturated heterocycles. The molecule has 0 bridgehead atoms. The molecule has 0 unspecified atom stereocenters. The van der Waals surface area contributed by atoms with Crippen molar-refractivity contribution in [2.75, 3.05) is 0 Å². The second-order valence-electron chi connectivity index (χ2n) is 12.4. The highest BCUT2D eigenvalue weighted by Gasteiger charge is 2.74. The normalized spacial score (nSPS) is 15.2. The number of hydrogen-bond donors (Lipinski definition) is 1. The third-order valence-corrected chi connectivity index (χ3v) is 12.2. The van der Waals surface area contributed by atoms with E-state index < -0.39 is 101 Å². The summed E-state index contributed by atoms with van der Waals surface area (Å²) in [4.78, 5) is 0. The summed E-state index contributed by atoms with van der Waals surface area (Å²) in [5, 5.41) is 6.47. The SMILES string of the molecule is N[Si](CCCCCCC(F)(F)C(F)(F)C(F)(F)F)(CCCCCCC(F)(F)C(F)(F)C(F)(F)F)CCCCCCC(F)(F)C(F)(F)C(F)(F)F. The monoisotopic (exact) mass is 803 g/mol. The highest BCUT2D eigenvalue weighted by Crippen LogP contribution is 2.51. The molecule has 0 rings (SSSR count). The molecule has 0 aromatic rings. The number of rotatable bonds is 24.